The quantitative estimate of drug-likeness (QED) is 0.788. The Bertz CT molecular complexity index is 691. The van der Waals surface area contributed by atoms with Crippen LogP contribution in [0, 0.1) is 0 Å². The number of carbonyl (C=O) groups excluding carboxylic acids is 1. The Morgan fingerprint density at radius 3 is 2.75 bits per heavy atom. The van der Waals surface area contributed by atoms with Crippen LogP contribution in [0.2, 0.25) is 0 Å². The van der Waals surface area contributed by atoms with E-state index in [1.54, 1.807) is 19.2 Å². The van der Waals surface area contributed by atoms with Crippen molar-refractivity contribution in [2.75, 3.05) is 34.4 Å². The topological polar surface area (TPSA) is 84.9 Å². The average Bonchev–Trinajstić information content (AvgIpc) is 2.99. The summed E-state index contributed by atoms with van der Waals surface area (Å²) in [4.78, 5) is 12.1. The van der Waals surface area contributed by atoms with Crippen LogP contribution < -0.4 is 10.1 Å². The Hall–Kier alpha value is -1.64. The van der Waals surface area contributed by atoms with E-state index < -0.39 is 15.6 Å². The van der Waals surface area contributed by atoms with Gasteiger partial charge < -0.3 is 14.8 Å². The number of ether oxygens (including phenoxy) is 2. The minimum Gasteiger partial charge on any atom is -0.497 e. The van der Waals surface area contributed by atoms with Gasteiger partial charge in [-0.1, -0.05) is 6.07 Å². The van der Waals surface area contributed by atoms with Crippen molar-refractivity contribution in [2.24, 2.45) is 0 Å². The van der Waals surface area contributed by atoms with Crippen molar-refractivity contribution < 1.29 is 22.7 Å². The van der Waals surface area contributed by atoms with Crippen molar-refractivity contribution in [3.8, 4) is 5.75 Å². The zero-order chi connectivity index (χ0) is 17.8. The molecule has 1 aliphatic rings. The number of rotatable bonds is 7. The summed E-state index contributed by atoms with van der Waals surface area (Å²) in [5.74, 6) is 0.263. The number of nitrogens with one attached hydrogen (secondary N) is 1. The van der Waals surface area contributed by atoms with Gasteiger partial charge in [0, 0.05) is 33.2 Å². The van der Waals surface area contributed by atoms with E-state index in [0.29, 0.717) is 25.1 Å². The fraction of sp³-hybridized carbons (Fsp3) is 0.562. The zero-order valence-corrected chi connectivity index (χ0v) is 15.1. The highest BCUT2D eigenvalue weighted by molar-refractivity contribution is 7.89. The van der Waals surface area contributed by atoms with E-state index in [1.165, 1.54) is 30.7 Å². The molecule has 24 heavy (non-hydrogen) atoms. The predicted octanol–water partition coefficient (Wildman–Crippen LogP) is 1.00. The molecule has 1 aliphatic heterocycles. The number of nitrogens with zero attached hydrogens (tertiary/aromatic N) is 1. The zero-order valence-electron chi connectivity index (χ0n) is 14.2. The molecule has 134 valence electrons. The van der Waals surface area contributed by atoms with Gasteiger partial charge in [0.2, 0.25) is 15.9 Å². The molecular weight excluding hydrogens is 332 g/mol. The van der Waals surface area contributed by atoms with Crippen LogP contribution in [0.4, 0.5) is 0 Å². The molecule has 0 saturated carbocycles. The van der Waals surface area contributed by atoms with Crippen molar-refractivity contribution >= 4 is 15.9 Å². The average molecular weight is 356 g/mol. The van der Waals surface area contributed by atoms with Crippen LogP contribution in [0.3, 0.4) is 0 Å². The lowest BCUT2D eigenvalue weighted by atomic mass is 9.94. The third-order valence-corrected chi connectivity index (χ3v) is 6.34. The number of benzene rings is 1. The number of carbonyl (C=O) groups is 1. The predicted molar refractivity (Wildman–Crippen MR) is 89.4 cm³/mol. The lowest BCUT2D eigenvalue weighted by molar-refractivity contribution is -0.123. The Labute approximate surface area is 143 Å². The molecule has 0 spiro atoms. The van der Waals surface area contributed by atoms with E-state index in [-0.39, 0.29) is 23.8 Å². The molecule has 1 atom stereocenters. The summed E-state index contributed by atoms with van der Waals surface area (Å²) in [5, 5.41) is 2.57. The van der Waals surface area contributed by atoms with Crippen LogP contribution in [0.5, 0.6) is 5.75 Å². The Balaban J connectivity index is 2.43. The fourth-order valence-corrected chi connectivity index (χ4v) is 5.06. The number of amides is 1. The molecule has 8 heteroatoms. The van der Waals surface area contributed by atoms with Crippen molar-refractivity contribution in [1.29, 1.82) is 0 Å². The smallest absolute Gasteiger partial charge is 0.243 e. The first-order valence-electron chi connectivity index (χ1n) is 7.76. The highest BCUT2D eigenvalue weighted by Crippen LogP contribution is 2.38. The molecule has 1 saturated heterocycles. The second kappa shape index (κ2) is 7.50. The highest BCUT2D eigenvalue weighted by atomic mass is 32.2. The van der Waals surface area contributed by atoms with E-state index in [9.17, 15) is 13.2 Å². The van der Waals surface area contributed by atoms with E-state index in [1.807, 2.05) is 0 Å². The summed E-state index contributed by atoms with van der Waals surface area (Å²) < 4.78 is 38.1. The minimum atomic E-state index is -3.76. The third-order valence-electron chi connectivity index (χ3n) is 4.34. The first-order valence-corrected chi connectivity index (χ1v) is 9.20. The van der Waals surface area contributed by atoms with Gasteiger partial charge in [0.05, 0.1) is 24.2 Å². The van der Waals surface area contributed by atoms with Crippen LogP contribution in [0.25, 0.3) is 0 Å². The van der Waals surface area contributed by atoms with Gasteiger partial charge in [-0.25, -0.2) is 8.42 Å². The van der Waals surface area contributed by atoms with Crippen LogP contribution in [0.15, 0.2) is 29.2 Å². The molecule has 7 nitrogen and oxygen atoms in total. The molecule has 2 rings (SSSR count). The molecule has 0 bridgehead atoms. The molecule has 1 unspecified atom stereocenters. The first-order chi connectivity index (χ1) is 11.4. The molecular formula is C16H24N2O5S. The van der Waals surface area contributed by atoms with Gasteiger partial charge in [-0.15, -0.1) is 0 Å². The van der Waals surface area contributed by atoms with E-state index >= 15 is 0 Å². The molecule has 0 aromatic heterocycles. The van der Waals surface area contributed by atoms with E-state index in [0.717, 1.165) is 0 Å². The standard InChI is InChI=1S/C16H24N2O5S/c1-17-15(19)11-16(12-22-2)8-5-9-18(16)24(20,21)14-7-4-6-13(10-14)23-3/h4,6-7,10H,5,8-9,11-12H2,1-3H3,(H,17,19). The maximum Gasteiger partial charge on any atom is 0.243 e. The summed E-state index contributed by atoms with van der Waals surface area (Å²) in [6.45, 7) is 0.531. The van der Waals surface area contributed by atoms with Gasteiger partial charge in [0.25, 0.3) is 0 Å². The van der Waals surface area contributed by atoms with Gasteiger partial charge in [-0.05, 0) is 25.0 Å². The largest absolute Gasteiger partial charge is 0.497 e. The second-order valence-corrected chi connectivity index (χ2v) is 7.73. The summed E-state index contributed by atoms with van der Waals surface area (Å²) in [5.41, 5.74) is -0.864. The summed E-state index contributed by atoms with van der Waals surface area (Å²) in [6, 6.07) is 6.35. The molecule has 1 N–H and O–H groups in total. The van der Waals surface area contributed by atoms with Crippen LogP contribution >= 0.6 is 0 Å². The maximum absolute atomic E-state index is 13.1. The highest BCUT2D eigenvalue weighted by Gasteiger charge is 2.48. The van der Waals surface area contributed by atoms with Crippen LogP contribution in [0.1, 0.15) is 19.3 Å². The van der Waals surface area contributed by atoms with E-state index in [2.05, 4.69) is 5.32 Å². The molecule has 0 aliphatic carbocycles. The Morgan fingerprint density at radius 1 is 1.38 bits per heavy atom. The molecule has 1 amide bonds. The van der Waals surface area contributed by atoms with Crippen molar-refractivity contribution in [2.45, 2.75) is 29.7 Å². The number of sulfonamides is 1. The van der Waals surface area contributed by atoms with Gasteiger partial charge in [0.1, 0.15) is 5.75 Å². The first kappa shape index (κ1) is 18.7. The molecule has 1 heterocycles. The number of hydrogen-bond donors (Lipinski definition) is 1. The lowest BCUT2D eigenvalue weighted by Crippen LogP contribution is -2.52. The SMILES string of the molecule is CNC(=O)CC1(COC)CCCN1S(=O)(=O)c1cccc(OC)c1. The van der Waals surface area contributed by atoms with Crippen molar-refractivity contribution in [3.63, 3.8) is 0 Å². The maximum atomic E-state index is 13.1. The summed E-state index contributed by atoms with van der Waals surface area (Å²) in [6.07, 6.45) is 1.33. The number of methoxy groups -OCH3 is 2. The number of hydrogen-bond acceptors (Lipinski definition) is 5. The molecule has 0 radical (unpaired) electrons. The van der Waals surface area contributed by atoms with Gasteiger partial charge in [-0.2, -0.15) is 4.31 Å². The van der Waals surface area contributed by atoms with E-state index in [4.69, 9.17) is 9.47 Å². The van der Waals surface area contributed by atoms with Gasteiger partial charge in [0.15, 0.2) is 0 Å². The Morgan fingerprint density at radius 2 is 2.12 bits per heavy atom. The fourth-order valence-electron chi connectivity index (χ4n) is 3.21. The molecule has 1 fully saturated rings. The van der Waals surface area contributed by atoms with Crippen molar-refractivity contribution in [1.82, 2.24) is 9.62 Å². The summed E-state index contributed by atoms with van der Waals surface area (Å²) >= 11 is 0. The lowest BCUT2D eigenvalue weighted by Gasteiger charge is -2.36. The molecule has 1 aromatic rings. The Kier molecular flexibility index (Phi) is 5.84. The third kappa shape index (κ3) is 3.55. The minimum absolute atomic E-state index is 0.0700. The van der Waals surface area contributed by atoms with Gasteiger partial charge in [-0.3, -0.25) is 4.79 Å². The van der Waals surface area contributed by atoms with Crippen LogP contribution in [-0.2, 0) is 19.6 Å². The normalized spacial score (nSPS) is 21.6. The van der Waals surface area contributed by atoms with Crippen molar-refractivity contribution in [3.05, 3.63) is 24.3 Å². The summed E-state index contributed by atoms with van der Waals surface area (Å²) in [7, 11) is 0.781. The van der Waals surface area contributed by atoms with Gasteiger partial charge >= 0.3 is 0 Å². The van der Waals surface area contributed by atoms with Crippen LogP contribution in [-0.4, -0.2) is 58.6 Å². The second-order valence-electron chi connectivity index (χ2n) is 5.87. The monoisotopic (exact) mass is 356 g/mol. The molecule has 1 aromatic carbocycles.